The fourth-order valence-electron chi connectivity index (χ4n) is 0.972. The first-order valence-corrected chi connectivity index (χ1v) is 5.40. The summed E-state index contributed by atoms with van der Waals surface area (Å²) in [5, 5.41) is 18.0. The van der Waals surface area contributed by atoms with Crippen LogP contribution in [0.2, 0.25) is 0 Å². The van der Waals surface area contributed by atoms with Crippen molar-refractivity contribution in [2.75, 3.05) is 12.9 Å². The molecule has 0 rings (SSSR count). The predicted molar refractivity (Wildman–Crippen MR) is 53.5 cm³/mol. The summed E-state index contributed by atoms with van der Waals surface area (Å²) in [6.45, 7) is 3.99. The predicted octanol–water partition coefficient (Wildman–Crippen LogP) is 1.34. The molecule has 0 spiro atoms. The van der Waals surface area contributed by atoms with E-state index in [1.807, 2.05) is 13.2 Å². The van der Waals surface area contributed by atoms with Crippen molar-refractivity contribution in [2.24, 2.45) is 11.8 Å². The molecule has 4 heteroatoms. The minimum Gasteiger partial charge on any atom is -0.428 e. The van der Waals surface area contributed by atoms with E-state index in [1.54, 1.807) is 11.8 Å². The van der Waals surface area contributed by atoms with Crippen LogP contribution in [0, 0.1) is 55.1 Å². The van der Waals surface area contributed by atoms with Gasteiger partial charge in [0, 0.05) is 0 Å². The van der Waals surface area contributed by atoms with E-state index < -0.39 is 6.10 Å². The molecular weight excluding hydrogens is 410 g/mol. The fraction of sp³-hybridized carbons (Fsp3) is 0.778. The van der Waals surface area contributed by atoms with E-state index in [2.05, 4.69) is 12.7 Å². The second-order valence-corrected chi connectivity index (χ2v) is 3.74. The van der Waals surface area contributed by atoms with Crippen LogP contribution >= 0.6 is 11.8 Å². The third-order valence-electron chi connectivity index (χ3n) is 2.07. The molecule has 0 aliphatic rings. The van der Waals surface area contributed by atoms with Gasteiger partial charge in [0.1, 0.15) is 0 Å². The van der Waals surface area contributed by atoms with Crippen molar-refractivity contribution in [3.8, 4) is 0 Å². The van der Waals surface area contributed by atoms with Gasteiger partial charge < -0.3 is 22.0 Å². The number of hydrogen-bond acceptors (Lipinski definition) is 3. The Balaban J connectivity index is 0. The van der Waals surface area contributed by atoms with Crippen molar-refractivity contribution in [1.82, 2.24) is 0 Å². The average molecular weight is 428 g/mol. The molecular formula is C9H18O2SU. The van der Waals surface area contributed by atoms with Crippen LogP contribution < -0.4 is 0 Å². The Kier molecular flexibility index (Phi) is 12.7. The Bertz CT molecular complexity index is 102. The van der Waals surface area contributed by atoms with Gasteiger partial charge in [-0.3, -0.25) is 12.2 Å². The maximum Gasteiger partial charge on any atom is 2.00 e. The smallest absolute Gasteiger partial charge is 0.428 e. The second kappa shape index (κ2) is 9.86. The van der Waals surface area contributed by atoms with Gasteiger partial charge in [-0.15, -0.1) is 0 Å². The van der Waals surface area contributed by atoms with Crippen molar-refractivity contribution >= 4 is 11.8 Å². The van der Waals surface area contributed by atoms with Crippen molar-refractivity contribution < 1.29 is 41.3 Å². The van der Waals surface area contributed by atoms with Crippen LogP contribution in [0.15, 0.2) is 0 Å². The maximum absolute atomic E-state index is 9.47. The Morgan fingerprint density at radius 1 is 1.38 bits per heavy atom. The molecule has 0 fully saturated rings. The molecule has 0 aliphatic heterocycles. The maximum atomic E-state index is 9.47. The zero-order valence-electron chi connectivity index (χ0n) is 8.40. The summed E-state index contributed by atoms with van der Waals surface area (Å²) >= 11 is 1.66. The number of thioether (sulfide) groups is 1. The van der Waals surface area contributed by atoms with Crippen LogP contribution in [0.1, 0.15) is 13.8 Å². The molecule has 76 valence electrons. The van der Waals surface area contributed by atoms with E-state index in [-0.39, 0.29) is 43.6 Å². The largest absolute Gasteiger partial charge is 2.00 e. The van der Waals surface area contributed by atoms with Gasteiger partial charge in [-0.2, -0.15) is 5.92 Å². The molecule has 0 bridgehead atoms. The van der Waals surface area contributed by atoms with E-state index in [0.717, 1.165) is 0 Å². The van der Waals surface area contributed by atoms with E-state index in [9.17, 15) is 5.11 Å². The molecule has 0 amide bonds. The number of rotatable bonds is 6. The van der Waals surface area contributed by atoms with Gasteiger partial charge >= 0.3 is 31.1 Å². The van der Waals surface area contributed by atoms with Crippen molar-refractivity contribution in [2.45, 2.75) is 20.0 Å². The molecule has 0 saturated heterocycles. The second-order valence-electron chi connectivity index (χ2n) is 3.00. The van der Waals surface area contributed by atoms with Gasteiger partial charge in [0.2, 0.25) is 0 Å². The molecule has 2 N–H and O–H groups in total. The number of aliphatic hydroxyl groups is 2. The minimum atomic E-state index is -0.506. The molecule has 0 heterocycles. The zero-order chi connectivity index (χ0) is 9.56. The van der Waals surface area contributed by atoms with E-state index in [1.165, 1.54) is 6.42 Å². The monoisotopic (exact) mass is 428 g/mol. The summed E-state index contributed by atoms with van der Waals surface area (Å²) in [5.74, 6) is 2.63. The molecule has 3 atom stereocenters. The fourth-order valence-corrected chi connectivity index (χ4v) is 1.65. The van der Waals surface area contributed by atoms with Crippen LogP contribution in [0.5, 0.6) is 0 Å². The molecule has 2 nitrogen and oxygen atoms in total. The summed E-state index contributed by atoms with van der Waals surface area (Å²) < 4.78 is 0. The third kappa shape index (κ3) is 7.27. The Labute approximate surface area is 109 Å². The Morgan fingerprint density at radius 2 is 1.92 bits per heavy atom. The summed E-state index contributed by atoms with van der Waals surface area (Å²) in [7, 11) is 0. The average Bonchev–Trinajstić information content (AvgIpc) is 2.04. The van der Waals surface area contributed by atoms with Crippen LogP contribution in [-0.4, -0.2) is 29.2 Å². The first-order valence-electron chi connectivity index (χ1n) is 4.11. The molecule has 0 aromatic rings. The molecule has 1 unspecified atom stereocenters. The van der Waals surface area contributed by atoms with E-state index in [0.29, 0.717) is 5.92 Å². The Hall–Kier alpha value is 1.32. The van der Waals surface area contributed by atoms with Gasteiger partial charge in [-0.05, 0) is 6.26 Å². The molecule has 13 heavy (non-hydrogen) atoms. The van der Waals surface area contributed by atoms with E-state index >= 15 is 0 Å². The summed E-state index contributed by atoms with van der Waals surface area (Å²) in [6, 6.07) is 0. The Morgan fingerprint density at radius 3 is 2.31 bits per heavy atom. The van der Waals surface area contributed by atoms with Gasteiger partial charge in [0.15, 0.2) is 0 Å². The quantitative estimate of drug-likeness (QED) is 0.628. The van der Waals surface area contributed by atoms with Crippen molar-refractivity contribution in [3.05, 3.63) is 12.2 Å². The molecule has 0 aromatic carbocycles. The zero-order valence-corrected chi connectivity index (χ0v) is 13.4. The standard InChI is InChI=1S/C9H18O2S.U/c1-7(6-12-3)8(2)9(11)4-5-10;/h4,6-11H,5H2,1-3H3;/q-2;+2/t7-,8?,9-;/m1./s1. The summed E-state index contributed by atoms with van der Waals surface area (Å²) in [4.78, 5) is 0. The normalized spacial score (nSPS) is 17.3. The van der Waals surface area contributed by atoms with Gasteiger partial charge in [-0.25, -0.2) is 0 Å². The summed E-state index contributed by atoms with van der Waals surface area (Å²) in [5.41, 5.74) is 0. The van der Waals surface area contributed by atoms with Crippen LogP contribution in [0.3, 0.4) is 0 Å². The molecule has 0 aliphatic carbocycles. The number of hydrogen-bond donors (Lipinski definition) is 2. The van der Waals surface area contributed by atoms with Crippen molar-refractivity contribution in [1.29, 1.82) is 0 Å². The van der Waals surface area contributed by atoms with Crippen LogP contribution in [0.4, 0.5) is 0 Å². The molecule has 0 aromatic heterocycles. The summed E-state index contributed by atoms with van der Waals surface area (Å²) in [6.07, 6.45) is 3.02. The van der Waals surface area contributed by atoms with Crippen molar-refractivity contribution in [3.63, 3.8) is 0 Å². The van der Waals surface area contributed by atoms with E-state index in [4.69, 9.17) is 5.11 Å². The van der Waals surface area contributed by atoms with Crippen LogP contribution in [-0.2, 0) is 0 Å². The molecule has 0 radical (unpaired) electrons. The third-order valence-corrected chi connectivity index (χ3v) is 2.77. The van der Waals surface area contributed by atoms with Gasteiger partial charge in [0.05, 0.1) is 0 Å². The van der Waals surface area contributed by atoms with Crippen LogP contribution in [0.25, 0.3) is 0 Å². The SMILES string of the molecule is CS[CH-][C@@H](C)C(C)[C@H](O)[CH-]CO.[U+2]. The number of aliphatic hydroxyl groups excluding tert-OH is 2. The first-order chi connectivity index (χ1) is 5.63. The minimum absolute atomic E-state index is 0. The van der Waals surface area contributed by atoms with Gasteiger partial charge in [0.25, 0.3) is 0 Å². The topological polar surface area (TPSA) is 40.5 Å². The van der Waals surface area contributed by atoms with Gasteiger partial charge in [-0.1, -0.05) is 32.5 Å². The molecule has 0 saturated carbocycles. The first kappa shape index (κ1) is 16.7.